The molecule has 0 saturated carbocycles. The van der Waals surface area contributed by atoms with Gasteiger partial charge < -0.3 is 15.2 Å². The van der Waals surface area contributed by atoms with Gasteiger partial charge in [-0.2, -0.15) is 4.80 Å². The summed E-state index contributed by atoms with van der Waals surface area (Å²) in [5.41, 5.74) is 5.40. The lowest BCUT2D eigenvalue weighted by atomic mass is 10.3. The van der Waals surface area contributed by atoms with Crippen molar-refractivity contribution in [3.63, 3.8) is 0 Å². The molecule has 0 bridgehead atoms. The van der Waals surface area contributed by atoms with Crippen molar-refractivity contribution >= 4 is 0 Å². The maximum absolute atomic E-state index is 5.55. The van der Waals surface area contributed by atoms with Gasteiger partial charge in [0.2, 0.25) is 5.82 Å². The van der Waals surface area contributed by atoms with Gasteiger partial charge in [0, 0.05) is 6.54 Å². The molecule has 0 radical (unpaired) electrons. The van der Waals surface area contributed by atoms with Crippen LogP contribution >= 0.6 is 0 Å². The number of hydrogen-bond acceptors (Lipinski definition) is 6. The monoisotopic (exact) mass is 263 g/mol. The number of benzene rings is 1. The third kappa shape index (κ3) is 3.92. The zero-order valence-corrected chi connectivity index (χ0v) is 10.8. The van der Waals surface area contributed by atoms with Crippen molar-refractivity contribution in [1.29, 1.82) is 0 Å². The second kappa shape index (κ2) is 6.69. The van der Waals surface area contributed by atoms with Crippen LogP contribution in [0.5, 0.6) is 11.5 Å². The van der Waals surface area contributed by atoms with E-state index >= 15 is 0 Å². The minimum absolute atomic E-state index is 0.276. The van der Waals surface area contributed by atoms with Crippen LogP contribution in [-0.4, -0.2) is 33.4 Å². The number of hydrogen-bond donors (Lipinski definition) is 1. The molecule has 0 spiro atoms. The Labute approximate surface area is 111 Å². The van der Waals surface area contributed by atoms with Crippen molar-refractivity contribution in [2.75, 3.05) is 13.2 Å². The van der Waals surface area contributed by atoms with Crippen LogP contribution in [0.2, 0.25) is 0 Å². The van der Waals surface area contributed by atoms with E-state index < -0.39 is 0 Å². The van der Waals surface area contributed by atoms with Gasteiger partial charge >= 0.3 is 0 Å². The van der Waals surface area contributed by atoms with E-state index in [9.17, 15) is 0 Å². The summed E-state index contributed by atoms with van der Waals surface area (Å²) in [6, 6.07) is 7.40. The molecule has 0 aliphatic rings. The first-order valence-corrected chi connectivity index (χ1v) is 6.14. The van der Waals surface area contributed by atoms with Crippen molar-refractivity contribution in [2.45, 2.75) is 20.1 Å². The molecule has 102 valence electrons. The average molecular weight is 263 g/mol. The van der Waals surface area contributed by atoms with Crippen LogP contribution in [0, 0.1) is 0 Å². The van der Waals surface area contributed by atoms with E-state index in [4.69, 9.17) is 15.2 Å². The van der Waals surface area contributed by atoms with Gasteiger partial charge in [-0.25, -0.2) is 0 Å². The van der Waals surface area contributed by atoms with Crippen LogP contribution in [0.4, 0.5) is 0 Å². The Hall–Kier alpha value is -2.15. The molecule has 0 aliphatic heterocycles. The summed E-state index contributed by atoms with van der Waals surface area (Å²) in [7, 11) is 0. The van der Waals surface area contributed by atoms with Crippen molar-refractivity contribution in [2.24, 2.45) is 5.73 Å². The van der Waals surface area contributed by atoms with Crippen LogP contribution in [-0.2, 0) is 13.2 Å². The zero-order valence-electron chi connectivity index (χ0n) is 10.8. The Morgan fingerprint density at radius 2 is 1.84 bits per heavy atom. The molecule has 1 aromatic carbocycles. The standard InChI is InChI=1S/C12H17N5O2/c1-2-18-10-3-5-11(6-4-10)19-9-12-14-16-17(15-12)8-7-13/h3-6H,2,7-9,13H2,1H3. The Bertz CT molecular complexity index is 497. The first kappa shape index (κ1) is 13.3. The molecule has 2 rings (SSSR count). The van der Waals surface area contributed by atoms with E-state index in [-0.39, 0.29) is 6.61 Å². The highest BCUT2D eigenvalue weighted by atomic mass is 16.5. The summed E-state index contributed by atoms with van der Waals surface area (Å²) in [5.74, 6) is 2.09. The Morgan fingerprint density at radius 1 is 1.16 bits per heavy atom. The van der Waals surface area contributed by atoms with E-state index in [0.29, 0.717) is 25.5 Å². The third-order valence-corrected chi connectivity index (χ3v) is 2.33. The fourth-order valence-corrected chi connectivity index (χ4v) is 1.49. The van der Waals surface area contributed by atoms with Crippen molar-refractivity contribution in [3.05, 3.63) is 30.1 Å². The Morgan fingerprint density at radius 3 is 2.47 bits per heavy atom. The van der Waals surface area contributed by atoms with Crippen molar-refractivity contribution in [3.8, 4) is 11.5 Å². The molecule has 0 atom stereocenters. The SMILES string of the molecule is CCOc1ccc(OCc2nnn(CCN)n2)cc1. The molecule has 0 saturated heterocycles. The fourth-order valence-electron chi connectivity index (χ4n) is 1.49. The summed E-state index contributed by atoms with van der Waals surface area (Å²) < 4.78 is 10.9. The van der Waals surface area contributed by atoms with Crippen molar-refractivity contribution < 1.29 is 9.47 Å². The summed E-state index contributed by atoms with van der Waals surface area (Å²) in [4.78, 5) is 1.46. The molecule has 19 heavy (non-hydrogen) atoms. The lowest BCUT2D eigenvalue weighted by Crippen LogP contribution is -2.12. The smallest absolute Gasteiger partial charge is 0.212 e. The second-order valence-electron chi connectivity index (χ2n) is 3.78. The maximum Gasteiger partial charge on any atom is 0.212 e. The molecule has 2 N–H and O–H groups in total. The fraction of sp³-hybridized carbons (Fsp3) is 0.417. The maximum atomic E-state index is 5.55. The van der Waals surface area contributed by atoms with E-state index in [1.807, 2.05) is 31.2 Å². The number of nitrogens with two attached hydrogens (primary N) is 1. The third-order valence-electron chi connectivity index (χ3n) is 2.33. The predicted octanol–water partition coefficient (Wildman–Crippen LogP) is 0.609. The highest BCUT2D eigenvalue weighted by Crippen LogP contribution is 2.17. The predicted molar refractivity (Wildman–Crippen MR) is 68.8 cm³/mol. The van der Waals surface area contributed by atoms with E-state index in [2.05, 4.69) is 15.4 Å². The van der Waals surface area contributed by atoms with E-state index in [0.717, 1.165) is 11.5 Å². The van der Waals surface area contributed by atoms with E-state index in [1.54, 1.807) is 0 Å². The van der Waals surface area contributed by atoms with Crippen LogP contribution < -0.4 is 15.2 Å². The average Bonchev–Trinajstić information content (AvgIpc) is 2.87. The number of tetrazole rings is 1. The van der Waals surface area contributed by atoms with Gasteiger partial charge in [-0.15, -0.1) is 10.2 Å². The quantitative estimate of drug-likeness (QED) is 0.787. The summed E-state index contributed by atoms with van der Waals surface area (Å²) >= 11 is 0. The lowest BCUT2D eigenvalue weighted by Gasteiger charge is -2.05. The first-order valence-electron chi connectivity index (χ1n) is 6.14. The number of aromatic nitrogens is 4. The lowest BCUT2D eigenvalue weighted by molar-refractivity contribution is 0.293. The Balaban J connectivity index is 1.86. The first-order chi connectivity index (χ1) is 9.31. The molecule has 0 aliphatic carbocycles. The minimum atomic E-state index is 0.276. The molecule has 0 fully saturated rings. The number of ether oxygens (including phenoxy) is 2. The van der Waals surface area contributed by atoms with Gasteiger partial charge in [0.15, 0.2) is 6.61 Å². The molecular formula is C12H17N5O2. The topological polar surface area (TPSA) is 88.1 Å². The molecule has 7 heteroatoms. The summed E-state index contributed by atoms with van der Waals surface area (Å²) in [6.45, 7) is 3.90. The van der Waals surface area contributed by atoms with Gasteiger partial charge in [-0.05, 0) is 36.4 Å². The van der Waals surface area contributed by atoms with Gasteiger partial charge in [0.25, 0.3) is 0 Å². The van der Waals surface area contributed by atoms with E-state index in [1.165, 1.54) is 4.80 Å². The second-order valence-corrected chi connectivity index (χ2v) is 3.78. The normalized spacial score (nSPS) is 10.4. The summed E-state index contributed by atoms with van der Waals surface area (Å²) in [5, 5.41) is 11.9. The molecule has 7 nitrogen and oxygen atoms in total. The molecule has 0 unspecified atom stereocenters. The Kier molecular flexibility index (Phi) is 4.68. The molecule has 1 heterocycles. The van der Waals surface area contributed by atoms with Gasteiger partial charge in [-0.3, -0.25) is 0 Å². The summed E-state index contributed by atoms with van der Waals surface area (Å²) in [6.07, 6.45) is 0. The zero-order chi connectivity index (χ0) is 13.5. The van der Waals surface area contributed by atoms with Gasteiger partial charge in [0.1, 0.15) is 11.5 Å². The number of nitrogens with zero attached hydrogens (tertiary/aromatic N) is 4. The minimum Gasteiger partial charge on any atom is -0.494 e. The van der Waals surface area contributed by atoms with Gasteiger partial charge in [0.05, 0.1) is 13.2 Å². The molecule has 2 aromatic rings. The van der Waals surface area contributed by atoms with Gasteiger partial charge in [-0.1, -0.05) is 0 Å². The molecular weight excluding hydrogens is 246 g/mol. The molecule has 0 amide bonds. The van der Waals surface area contributed by atoms with Crippen LogP contribution in [0.15, 0.2) is 24.3 Å². The highest BCUT2D eigenvalue weighted by Gasteiger charge is 2.03. The highest BCUT2D eigenvalue weighted by molar-refractivity contribution is 5.31. The van der Waals surface area contributed by atoms with Crippen LogP contribution in [0.1, 0.15) is 12.7 Å². The van der Waals surface area contributed by atoms with Crippen molar-refractivity contribution in [1.82, 2.24) is 20.2 Å². The van der Waals surface area contributed by atoms with Crippen LogP contribution in [0.25, 0.3) is 0 Å². The van der Waals surface area contributed by atoms with Crippen LogP contribution in [0.3, 0.4) is 0 Å². The molecule has 1 aromatic heterocycles. The number of rotatable bonds is 7. The largest absolute Gasteiger partial charge is 0.494 e.